The first-order valence-electron chi connectivity index (χ1n) is 6.14. The van der Waals surface area contributed by atoms with Gasteiger partial charge in [-0.05, 0) is 11.6 Å². The molecule has 2 heterocycles. The van der Waals surface area contributed by atoms with E-state index >= 15 is 0 Å². The van der Waals surface area contributed by atoms with Crippen LogP contribution in [0.4, 0.5) is 5.82 Å². The van der Waals surface area contributed by atoms with Crippen LogP contribution < -0.4 is 4.90 Å². The van der Waals surface area contributed by atoms with E-state index in [4.69, 9.17) is 0 Å². The van der Waals surface area contributed by atoms with Gasteiger partial charge in [0, 0.05) is 37.6 Å². The molecule has 2 aromatic heterocycles. The van der Waals surface area contributed by atoms with Crippen molar-refractivity contribution in [1.29, 1.82) is 0 Å². The third kappa shape index (κ3) is 2.38. The molecule has 94 valence electrons. The molecule has 0 aliphatic rings. The van der Waals surface area contributed by atoms with E-state index in [0.717, 1.165) is 23.3 Å². The molecule has 0 saturated carbocycles. The number of aromatic nitrogens is 3. The van der Waals surface area contributed by atoms with Crippen molar-refractivity contribution in [3.05, 3.63) is 60.7 Å². The molecule has 0 amide bonds. The van der Waals surface area contributed by atoms with Crippen molar-refractivity contribution in [2.75, 3.05) is 11.9 Å². The minimum atomic E-state index is 0.757. The van der Waals surface area contributed by atoms with Crippen molar-refractivity contribution >= 4 is 16.7 Å². The molecule has 1 aromatic carbocycles. The Morgan fingerprint density at radius 2 is 1.89 bits per heavy atom. The van der Waals surface area contributed by atoms with Gasteiger partial charge in [-0.15, -0.1) is 0 Å². The van der Waals surface area contributed by atoms with Gasteiger partial charge in [-0.1, -0.05) is 24.3 Å². The monoisotopic (exact) mass is 250 g/mol. The lowest BCUT2D eigenvalue weighted by molar-refractivity contribution is 0.893. The molecule has 0 aliphatic heterocycles. The number of hydrogen-bond acceptors (Lipinski definition) is 4. The number of pyridine rings is 1. The average molecular weight is 250 g/mol. The minimum absolute atomic E-state index is 0.757. The molecular formula is C15H14N4. The second kappa shape index (κ2) is 5.02. The van der Waals surface area contributed by atoms with E-state index in [-0.39, 0.29) is 0 Å². The predicted octanol–water partition coefficient (Wildman–Crippen LogP) is 2.66. The maximum Gasteiger partial charge on any atom is 0.147 e. The van der Waals surface area contributed by atoms with E-state index in [2.05, 4.69) is 44.1 Å². The van der Waals surface area contributed by atoms with Crippen molar-refractivity contribution < 1.29 is 0 Å². The van der Waals surface area contributed by atoms with Crippen LogP contribution in [0.2, 0.25) is 0 Å². The minimum Gasteiger partial charge on any atom is -0.354 e. The average Bonchev–Trinajstić information content (AvgIpc) is 2.48. The molecule has 0 spiro atoms. The highest BCUT2D eigenvalue weighted by molar-refractivity contribution is 5.81. The fourth-order valence-corrected chi connectivity index (χ4v) is 2.12. The van der Waals surface area contributed by atoms with Crippen LogP contribution in [-0.2, 0) is 6.54 Å². The molecule has 0 fully saturated rings. The molecule has 4 heteroatoms. The molecule has 0 saturated heterocycles. The molecule has 3 rings (SSSR count). The van der Waals surface area contributed by atoms with Crippen molar-refractivity contribution in [1.82, 2.24) is 15.0 Å². The van der Waals surface area contributed by atoms with Gasteiger partial charge in [0.05, 0.1) is 11.7 Å². The van der Waals surface area contributed by atoms with E-state index < -0.39 is 0 Å². The second-order valence-corrected chi connectivity index (χ2v) is 4.41. The highest BCUT2D eigenvalue weighted by Crippen LogP contribution is 2.18. The Balaban J connectivity index is 1.94. The van der Waals surface area contributed by atoms with E-state index in [9.17, 15) is 0 Å². The maximum atomic E-state index is 4.47. The van der Waals surface area contributed by atoms with Gasteiger partial charge < -0.3 is 4.90 Å². The Labute approximate surface area is 111 Å². The largest absolute Gasteiger partial charge is 0.354 e. The van der Waals surface area contributed by atoms with Gasteiger partial charge in [-0.25, -0.2) is 4.98 Å². The van der Waals surface area contributed by atoms with Crippen LogP contribution >= 0.6 is 0 Å². The number of hydrogen-bond donors (Lipinski definition) is 0. The zero-order valence-corrected chi connectivity index (χ0v) is 10.7. The molecule has 0 unspecified atom stereocenters. The van der Waals surface area contributed by atoms with Crippen LogP contribution in [0.5, 0.6) is 0 Å². The third-order valence-corrected chi connectivity index (χ3v) is 3.06. The van der Waals surface area contributed by atoms with Crippen LogP contribution in [0.15, 0.2) is 55.1 Å². The van der Waals surface area contributed by atoms with Gasteiger partial charge in [-0.2, -0.15) is 0 Å². The summed E-state index contributed by atoms with van der Waals surface area (Å²) >= 11 is 0. The molecule has 0 radical (unpaired) electrons. The standard InChI is InChI=1S/C15H14N4/c1-19(14-10-16-8-9-17-14)11-13-5-2-4-12-6-3-7-18-15(12)13/h2-10H,11H2,1H3. The quantitative estimate of drug-likeness (QED) is 0.716. The Kier molecular flexibility index (Phi) is 3.06. The Morgan fingerprint density at radius 3 is 2.74 bits per heavy atom. The molecule has 3 aromatic rings. The number of benzene rings is 1. The normalized spacial score (nSPS) is 10.6. The van der Waals surface area contributed by atoms with E-state index in [0.29, 0.717) is 0 Å². The Morgan fingerprint density at radius 1 is 1.00 bits per heavy atom. The summed E-state index contributed by atoms with van der Waals surface area (Å²) in [6.07, 6.45) is 6.97. The summed E-state index contributed by atoms with van der Waals surface area (Å²) in [6, 6.07) is 10.3. The van der Waals surface area contributed by atoms with Crippen LogP contribution in [0.25, 0.3) is 10.9 Å². The summed E-state index contributed by atoms with van der Waals surface area (Å²) in [7, 11) is 2.01. The predicted molar refractivity (Wildman–Crippen MR) is 75.9 cm³/mol. The zero-order chi connectivity index (χ0) is 13.1. The molecule has 0 N–H and O–H groups in total. The van der Waals surface area contributed by atoms with Crippen molar-refractivity contribution in [3.8, 4) is 0 Å². The summed E-state index contributed by atoms with van der Waals surface area (Å²) in [5.41, 5.74) is 2.23. The third-order valence-electron chi connectivity index (χ3n) is 3.06. The molecule has 0 atom stereocenters. The maximum absolute atomic E-state index is 4.47. The Hall–Kier alpha value is -2.49. The van der Waals surface area contributed by atoms with E-state index in [1.807, 2.05) is 19.3 Å². The number of para-hydroxylation sites is 1. The molecular weight excluding hydrogens is 236 g/mol. The van der Waals surface area contributed by atoms with E-state index in [1.165, 1.54) is 5.56 Å². The lowest BCUT2D eigenvalue weighted by Gasteiger charge is -2.18. The van der Waals surface area contributed by atoms with Gasteiger partial charge in [0.25, 0.3) is 0 Å². The highest BCUT2D eigenvalue weighted by Gasteiger charge is 2.06. The first kappa shape index (κ1) is 11.6. The van der Waals surface area contributed by atoms with Crippen molar-refractivity contribution in [3.63, 3.8) is 0 Å². The lowest BCUT2D eigenvalue weighted by Crippen LogP contribution is -2.18. The van der Waals surface area contributed by atoms with Gasteiger partial charge in [0.1, 0.15) is 5.82 Å². The van der Waals surface area contributed by atoms with Crippen LogP contribution in [-0.4, -0.2) is 22.0 Å². The fraction of sp³-hybridized carbons (Fsp3) is 0.133. The fourth-order valence-electron chi connectivity index (χ4n) is 2.12. The van der Waals surface area contributed by atoms with Gasteiger partial charge in [-0.3, -0.25) is 9.97 Å². The number of anilines is 1. The first-order chi connectivity index (χ1) is 9.34. The van der Waals surface area contributed by atoms with Crippen LogP contribution in [0.3, 0.4) is 0 Å². The number of fused-ring (bicyclic) bond motifs is 1. The summed E-state index contributed by atoms with van der Waals surface area (Å²) in [6.45, 7) is 0.757. The van der Waals surface area contributed by atoms with Crippen LogP contribution in [0.1, 0.15) is 5.56 Å². The van der Waals surface area contributed by atoms with Crippen molar-refractivity contribution in [2.24, 2.45) is 0 Å². The smallest absolute Gasteiger partial charge is 0.147 e. The van der Waals surface area contributed by atoms with Crippen molar-refractivity contribution in [2.45, 2.75) is 6.54 Å². The number of nitrogens with zero attached hydrogens (tertiary/aromatic N) is 4. The summed E-state index contributed by atoms with van der Waals surface area (Å²) in [5.74, 6) is 0.857. The second-order valence-electron chi connectivity index (χ2n) is 4.41. The number of rotatable bonds is 3. The molecule has 4 nitrogen and oxygen atoms in total. The zero-order valence-electron chi connectivity index (χ0n) is 10.7. The lowest BCUT2D eigenvalue weighted by atomic mass is 10.1. The van der Waals surface area contributed by atoms with Crippen LogP contribution in [0, 0.1) is 0 Å². The van der Waals surface area contributed by atoms with Gasteiger partial charge in [0.15, 0.2) is 0 Å². The Bertz CT molecular complexity index is 677. The van der Waals surface area contributed by atoms with Gasteiger partial charge in [0.2, 0.25) is 0 Å². The van der Waals surface area contributed by atoms with E-state index in [1.54, 1.807) is 18.6 Å². The summed E-state index contributed by atoms with van der Waals surface area (Å²) in [5, 5.41) is 1.16. The highest BCUT2D eigenvalue weighted by atomic mass is 15.2. The summed E-state index contributed by atoms with van der Waals surface area (Å²) < 4.78 is 0. The molecule has 0 aliphatic carbocycles. The summed E-state index contributed by atoms with van der Waals surface area (Å²) in [4.78, 5) is 14.9. The SMILES string of the molecule is CN(Cc1cccc2cccnc12)c1cnccn1. The molecule has 0 bridgehead atoms. The topological polar surface area (TPSA) is 41.9 Å². The first-order valence-corrected chi connectivity index (χ1v) is 6.14. The van der Waals surface area contributed by atoms with Gasteiger partial charge >= 0.3 is 0 Å². The molecule has 19 heavy (non-hydrogen) atoms.